The summed E-state index contributed by atoms with van der Waals surface area (Å²) in [5.74, 6) is 0.979. The molecule has 0 heterocycles. The van der Waals surface area contributed by atoms with Gasteiger partial charge in [-0.05, 0) is 111 Å². The average molecular weight is 506 g/mol. The molecule has 3 fully saturated rings. The van der Waals surface area contributed by atoms with Crippen molar-refractivity contribution < 1.29 is 14.7 Å². The van der Waals surface area contributed by atoms with Gasteiger partial charge in [-0.15, -0.1) is 0 Å². The third-order valence-corrected chi connectivity index (χ3v) is 12.1. The van der Waals surface area contributed by atoms with Crippen molar-refractivity contribution in [2.75, 3.05) is 0 Å². The zero-order valence-corrected chi connectivity index (χ0v) is 24.3. The van der Waals surface area contributed by atoms with Gasteiger partial charge in [0, 0.05) is 22.9 Å². The highest BCUT2D eigenvalue weighted by Gasteiger charge is 2.66. The smallest absolute Gasteiger partial charge is 0.223 e. The second kappa shape index (κ2) is 8.45. The van der Waals surface area contributed by atoms with E-state index in [0.29, 0.717) is 17.4 Å². The number of ketones is 1. The molecule has 0 spiro atoms. The van der Waals surface area contributed by atoms with Crippen molar-refractivity contribution in [3.8, 4) is 0 Å². The van der Waals surface area contributed by atoms with E-state index in [0.717, 1.165) is 43.3 Å². The lowest BCUT2D eigenvalue weighted by molar-refractivity contribution is -0.155. The zero-order valence-electron chi connectivity index (χ0n) is 24.3. The van der Waals surface area contributed by atoms with Crippen molar-refractivity contribution in [2.24, 2.45) is 39.4 Å². The Morgan fingerprint density at radius 2 is 1.73 bits per heavy atom. The van der Waals surface area contributed by atoms with Gasteiger partial charge in [0.2, 0.25) is 11.7 Å². The van der Waals surface area contributed by atoms with Crippen molar-refractivity contribution in [3.05, 3.63) is 46.3 Å². The van der Waals surface area contributed by atoms with Gasteiger partial charge in [0.25, 0.3) is 0 Å². The van der Waals surface area contributed by atoms with E-state index in [1.807, 2.05) is 20.8 Å². The maximum atomic E-state index is 12.9. The van der Waals surface area contributed by atoms with E-state index in [-0.39, 0.29) is 51.1 Å². The van der Waals surface area contributed by atoms with Gasteiger partial charge in [-0.3, -0.25) is 9.59 Å². The molecule has 0 bridgehead atoms. The summed E-state index contributed by atoms with van der Waals surface area (Å²) >= 11 is 0. The number of rotatable bonds is 3. The highest BCUT2D eigenvalue weighted by molar-refractivity contribution is 6.06. The van der Waals surface area contributed by atoms with Gasteiger partial charge in [-0.25, -0.2) is 0 Å². The molecule has 5 aliphatic rings. The molecule has 0 aromatic carbocycles. The zero-order chi connectivity index (χ0) is 27.1. The summed E-state index contributed by atoms with van der Waals surface area (Å²) in [6.45, 7) is 18.0. The minimum Gasteiger partial charge on any atom is -0.504 e. The maximum absolute atomic E-state index is 12.9. The maximum Gasteiger partial charge on any atom is 0.223 e. The van der Waals surface area contributed by atoms with Gasteiger partial charge < -0.3 is 10.4 Å². The molecule has 3 saturated carbocycles. The number of amides is 1. The van der Waals surface area contributed by atoms with Crippen LogP contribution in [0.4, 0.5) is 0 Å². The molecule has 202 valence electrons. The highest BCUT2D eigenvalue weighted by Crippen LogP contribution is 2.75. The first-order valence-corrected chi connectivity index (χ1v) is 14.6. The van der Waals surface area contributed by atoms with Crippen molar-refractivity contribution in [3.63, 3.8) is 0 Å². The number of aliphatic hydroxyl groups is 1. The van der Waals surface area contributed by atoms with Crippen LogP contribution in [0, 0.1) is 39.4 Å². The molecule has 0 radical (unpaired) electrons. The normalized spacial score (nSPS) is 42.0. The fraction of sp³-hybridized carbons (Fsp3) is 0.697. The Morgan fingerprint density at radius 1 is 1.03 bits per heavy atom. The number of aliphatic hydroxyl groups excluding tert-OH is 1. The van der Waals surface area contributed by atoms with Crippen LogP contribution < -0.4 is 5.32 Å². The van der Waals surface area contributed by atoms with Gasteiger partial charge in [0.05, 0.1) is 0 Å². The Bertz CT molecular complexity index is 1170. The quantitative estimate of drug-likeness (QED) is 0.420. The Hall–Kier alpha value is -2.10. The van der Waals surface area contributed by atoms with Crippen LogP contribution >= 0.6 is 0 Å². The fourth-order valence-electron chi connectivity index (χ4n) is 9.62. The number of allylic oxidation sites excluding steroid dienone is 7. The Kier molecular flexibility index (Phi) is 6.05. The number of carbonyl (C=O) groups excluding carboxylic acids is 2. The number of hydrogen-bond donors (Lipinski definition) is 2. The first-order valence-electron chi connectivity index (χ1n) is 14.6. The van der Waals surface area contributed by atoms with E-state index in [9.17, 15) is 14.7 Å². The Balaban J connectivity index is 1.48. The third kappa shape index (κ3) is 3.60. The summed E-state index contributed by atoms with van der Waals surface area (Å²) in [5.41, 5.74) is 4.64. The molecule has 37 heavy (non-hydrogen) atoms. The van der Waals surface area contributed by atoms with Crippen LogP contribution in [0.2, 0.25) is 0 Å². The lowest BCUT2D eigenvalue weighted by Crippen LogP contribution is -2.61. The largest absolute Gasteiger partial charge is 0.504 e. The lowest BCUT2D eigenvalue weighted by Gasteiger charge is -2.69. The molecule has 2 unspecified atom stereocenters. The van der Waals surface area contributed by atoms with Gasteiger partial charge in [-0.1, -0.05) is 52.3 Å². The predicted octanol–water partition coefficient (Wildman–Crippen LogP) is 7.38. The van der Waals surface area contributed by atoms with Crippen molar-refractivity contribution in [1.82, 2.24) is 5.32 Å². The second-order valence-corrected chi connectivity index (χ2v) is 14.3. The molecule has 0 aromatic rings. The molecule has 0 aliphatic heterocycles. The molecule has 0 aromatic heterocycles. The third-order valence-electron chi connectivity index (χ3n) is 12.1. The van der Waals surface area contributed by atoms with Crippen LogP contribution in [0.1, 0.15) is 100 Å². The molecule has 7 atom stereocenters. The summed E-state index contributed by atoms with van der Waals surface area (Å²) in [6.07, 6.45) is 14.2. The first kappa shape index (κ1) is 26.5. The summed E-state index contributed by atoms with van der Waals surface area (Å²) in [5, 5.41) is 13.5. The van der Waals surface area contributed by atoms with E-state index in [4.69, 9.17) is 0 Å². The molecule has 4 nitrogen and oxygen atoms in total. The number of nitrogens with one attached hydrogen (secondary N) is 1. The molecule has 2 N–H and O–H groups in total. The lowest BCUT2D eigenvalue weighted by atomic mass is 9.35. The van der Waals surface area contributed by atoms with Gasteiger partial charge in [0.15, 0.2) is 5.76 Å². The SMILES string of the molecule is CC1=C(O)C(=O)C=C2C1=CC=C1[C@@]2(C)CC[C@@]2(C)[C@@H]3CCC(C(C)C(=O)NC(C)C)C[C@]3(C)CC[C@]12C. The highest BCUT2D eigenvalue weighted by atomic mass is 16.3. The molecular formula is C33H47NO3. The predicted molar refractivity (Wildman–Crippen MR) is 149 cm³/mol. The topological polar surface area (TPSA) is 66.4 Å². The van der Waals surface area contributed by atoms with Crippen molar-refractivity contribution in [1.29, 1.82) is 0 Å². The standard InChI is InChI=1S/C33H47NO3/c1-19(2)34-29(37)20(3)22-9-11-26-30(5,18-22)13-15-33(8)27-12-10-23-21(4)28(36)25(35)17-24(23)31(27,6)14-16-32(26,33)7/h10,12,17,19-20,22,26,36H,9,11,13-16,18H2,1-8H3,(H,34,37)/t20?,22?,26-,30+,31+,32+,33-/m1/s1. The molecular weight excluding hydrogens is 458 g/mol. The minimum atomic E-state index is -0.254. The van der Waals surface area contributed by atoms with Crippen LogP contribution in [0.15, 0.2) is 46.3 Å². The minimum absolute atomic E-state index is 0.0562. The van der Waals surface area contributed by atoms with Crippen LogP contribution in [0.5, 0.6) is 0 Å². The van der Waals surface area contributed by atoms with Gasteiger partial charge in [0.1, 0.15) is 0 Å². The summed E-state index contributed by atoms with van der Waals surface area (Å²) in [4.78, 5) is 25.5. The van der Waals surface area contributed by atoms with Crippen LogP contribution in [0.3, 0.4) is 0 Å². The van der Waals surface area contributed by atoms with Crippen LogP contribution in [-0.4, -0.2) is 22.8 Å². The number of fused-ring (bicyclic) bond motifs is 7. The van der Waals surface area contributed by atoms with E-state index in [2.05, 4.69) is 52.1 Å². The summed E-state index contributed by atoms with van der Waals surface area (Å²) in [6, 6.07) is 0.184. The first-order chi connectivity index (χ1) is 17.2. The Labute approximate surface area is 223 Å². The second-order valence-electron chi connectivity index (χ2n) is 14.3. The molecule has 4 heteroatoms. The van der Waals surface area contributed by atoms with Crippen LogP contribution in [-0.2, 0) is 9.59 Å². The molecule has 5 rings (SSSR count). The van der Waals surface area contributed by atoms with Gasteiger partial charge in [-0.2, -0.15) is 0 Å². The van der Waals surface area contributed by atoms with E-state index >= 15 is 0 Å². The number of hydrogen-bond acceptors (Lipinski definition) is 3. The summed E-state index contributed by atoms with van der Waals surface area (Å²) < 4.78 is 0. The van der Waals surface area contributed by atoms with Crippen LogP contribution in [0.25, 0.3) is 0 Å². The molecule has 5 aliphatic carbocycles. The molecule has 0 saturated heterocycles. The van der Waals surface area contributed by atoms with Crippen molar-refractivity contribution in [2.45, 2.75) is 106 Å². The van der Waals surface area contributed by atoms with E-state index < -0.39 is 0 Å². The molecule has 1 amide bonds. The van der Waals surface area contributed by atoms with E-state index in [1.54, 1.807) is 6.08 Å². The Morgan fingerprint density at radius 3 is 2.41 bits per heavy atom. The number of carbonyl (C=O) groups is 2. The fourth-order valence-corrected chi connectivity index (χ4v) is 9.62. The monoisotopic (exact) mass is 505 g/mol. The average Bonchev–Trinajstić information content (AvgIpc) is 2.83. The van der Waals surface area contributed by atoms with E-state index in [1.165, 1.54) is 18.4 Å². The summed E-state index contributed by atoms with van der Waals surface area (Å²) in [7, 11) is 0. The van der Waals surface area contributed by atoms with Crippen molar-refractivity contribution >= 4 is 11.7 Å². The van der Waals surface area contributed by atoms with Gasteiger partial charge >= 0.3 is 0 Å².